The molecule has 0 heterocycles. The lowest BCUT2D eigenvalue weighted by molar-refractivity contribution is 0.825. The minimum absolute atomic E-state index is 0.143. The average molecular weight is 309 g/mol. The summed E-state index contributed by atoms with van der Waals surface area (Å²) < 4.78 is 0. The van der Waals surface area contributed by atoms with Crippen molar-refractivity contribution in [2.45, 2.75) is 13.0 Å². The predicted molar refractivity (Wildman–Crippen MR) is 104 cm³/mol. The topological polar surface area (TPSA) is 12.4 Å². The fourth-order valence-corrected chi connectivity index (χ4v) is 3.19. The van der Waals surface area contributed by atoms with E-state index in [4.69, 9.17) is 4.99 Å². The summed E-state index contributed by atoms with van der Waals surface area (Å²) in [5, 5.41) is 5.01. The van der Waals surface area contributed by atoms with Gasteiger partial charge in [-0.15, -0.1) is 0 Å². The maximum atomic E-state index is 4.84. The van der Waals surface area contributed by atoms with Gasteiger partial charge < -0.3 is 0 Å². The second-order valence-corrected chi connectivity index (χ2v) is 6.10. The number of nitrogens with zero attached hydrogens (tertiary/aromatic N) is 1. The van der Waals surface area contributed by atoms with Crippen molar-refractivity contribution >= 4 is 27.8 Å². The van der Waals surface area contributed by atoms with Crippen molar-refractivity contribution in [1.29, 1.82) is 0 Å². The van der Waals surface area contributed by atoms with Crippen LogP contribution in [0, 0.1) is 0 Å². The number of benzene rings is 4. The van der Waals surface area contributed by atoms with E-state index < -0.39 is 0 Å². The van der Waals surface area contributed by atoms with Crippen LogP contribution in [0.25, 0.3) is 21.5 Å². The molecule has 0 aliphatic heterocycles. The van der Waals surface area contributed by atoms with Gasteiger partial charge in [-0.1, -0.05) is 78.9 Å². The number of rotatable bonds is 3. The Morgan fingerprint density at radius 1 is 0.708 bits per heavy atom. The Morgan fingerprint density at radius 3 is 1.88 bits per heavy atom. The van der Waals surface area contributed by atoms with Gasteiger partial charge in [-0.3, -0.25) is 4.99 Å². The zero-order valence-electron chi connectivity index (χ0n) is 13.7. The smallest absolute Gasteiger partial charge is 0.0721 e. The van der Waals surface area contributed by atoms with Crippen LogP contribution in [0.4, 0.5) is 0 Å². The SMILES string of the molecule is CC(N=Cc1c2ccccc2cc2ccccc12)c1ccccc1. The Morgan fingerprint density at radius 2 is 1.25 bits per heavy atom. The third-order valence-corrected chi connectivity index (χ3v) is 4.52. The van der Waals surface area contributed by atoms with Crippen molar-refractivity contribution < 1.29 is 0 Å². The third-order valence-electron chi connectivity index (χ3n) is 4.52. The minimum Gasteiger partial charge on any atom is -0.285 e. The molecule has 4 aromatic carbocycles. The summed E-state index contributed by atoms with van der Waals surface area (Å²) >= 11 is 0. The highest BCUT2D eigenvalue weighted by molar-refractivity contribution is 6.13. The molecule has 1 nitrogen and oxygen atoms in total. The van der Waals surface area contributed by atoms with Gasteiger partial charge in [0.05, 0.1) is 6.04 Å². The zero-order valence-corrected chi connectivity index (χ0v) is 13.7. The van der Waals surface area contributed by atoms with Crippen molar-refractivity contribution in [1.82, 2.24) is 0 Å². The lowest BCUT2D eigenvalue weighted by Gasteiger charge is -2.10. The van der Waals surface area contributed by atoms with E-state index in [0.29, 0.717) is 0 Å². The summed E-state index contributed by atoms with van der Waals surface area (Å²) in [6.07, 6.45) is 2.04. The molecular formula is C23H19N. The fraction of sp³-hybridized carbons (Fsp3) is 0.0870. The molecule has 0 N–H and O–H groups in total. The molecule has 0 fully saturated rings. The highest BCUT2D eigenvalue weighted by Crippen LogP contribution is 2.28. The highest BCUT2D eigenvalue weighted by Gasteiger charge is 2.06. The van der Waals surface area contributed by atoms with E-state index in [0.717, 1.165) is 0 Å². The molecule has 0 saturated heterocycles. The molecule has 0 bridgehead atoms. The van der Waals surface area contributed by atoms with E-state index in [9.17, 15) is 0 Å². The Bertz CT molecular complexity index is 962. The quantitative estimate of drug-likeness (QED) is 0.317. The van der Waals surface area contributed by atoms with E-state index in [1.54, 1.807) is 0 Å². The van der Waals surface area contributed by atoms with Gasteiger partial charge in [-0.25, -0.2) is 0 Å². The van der Waals surface area contributed by atoms with Gasteiger partial charge in [-0.2, -0.15) is 0 Å². The second-order valence-electron chi connectivity index (χ2n) is 6.10. The Labute approximate surface area is 142 Å². The van der Waals surface area contributed by atoms with Crippen molar-refractivity contribution in [2.75, 3.05) is 0 Å². The molecule has 0 aliphatic carbocycles. The van der Waals surface area contributed by atoms with Gasteiger partial charge in [0.15, 0.2) is 0 Å². The van der Waals surface area contributed by atoms with Crippen molar-refractivity contribution in [3.05, 3.63) is 96.1 Å². The maximum Gasteiger partial charge on any atom is 0.0721 e. The van der Waals surface area contributed by atoms with Crippen molar-refractivity contribution in [2.24, 2.45) is 4.99 Å². The van der Waals surface area contributed by atoms with Gasteiger partial charge in [0.1, 0.15) is 0 Å². The van der Waals surface area contributed by atoms with E-state index >= 15 is 0 Å². The molecule has 4 aromatic rings. The third kappa shape index (κ3) is 2.69. The molecule has 24 heavy (non-hydrogen) atoms. The maximum absolute atomic E-state index is 4.84. The largest absolute Gasteiger partial charge is 0.285 e. The van der Waals surface area contributed by atoms with Gasteiger partial charge in [0.2, 0.25) is 0 Å². The Kier molecular flexibility index (Phi) is 3.84. The molecule has 0 aliphatic rings. The summed E-state index contributed by atoms with van der Waals surface area (Å²) in [5.74, 6) is 0. The summed E-state index contributed by atoms with van der Waals surface area (Å²) in [6.45, 7) is 2.14. The lowest BCUT2D eigenvalue weighted by atomic mass is 9.97. The van der Waals surface area contributed by atoms with Gasteiger partial charge in [-0.05, 0) is 40.1 Å². The second kappa shape index (κ2) is 6.29. The molecule has 1 atom stereocenters. The normalized spacial score (nSPS) is 12.9. The standard InChI is InChI=1S/C23H19N/c1-17(18-9-3-2-4-10-18)24-16-23-21-13-7-5-11-19(21)15-20-12-6-8-14-22(20)23/h2-17H,1H3. The van der Waals surface area contributed by atoms with E-state index in [2.05, 4.69) is 85.8 Å². The predicted octanol–water partition coefficient (Wildman–Crippen LogP) is 6.17. The minimum atomic E-state index is 0.143. The van der Waals surface area contributed by atoms with E-state index in [1.807, 2.05) is 12.3 Å². The monoisotopic (exact) mass is 309 g/mol. The van der Waals surface area contributed by atoms with Crippen LogP contribution in [-0.2, 0) is 0 Å². The first-order valence-electron chi connectivity index (χ1n) is 8.31. The Hall–Kier alpha value is -2.93. The first-order valence-corrected chi connectivity index (χ1v) is 8.31. The molecule has 0 spiro atoms. The molecule has 0 amide bonds. The van der Waals surface area contributed by atoms with Gasteiger partial charge >= 0.3 is 0 Å². The molecule has 0 radical (unpaired) electrons. The van der Waals surface area contributed by atoms with Crippen LogP contribution in [-0.4, -0.2) is 6.21 Å². The molecule has 0 saturated carbocycles. The van der Waals surface area contributed by atoms with Gasteiger partial charge in [0, 0.05) is 11.8 Å². The number of hydrogen-bond donors (Lipinski definition) is 0. The van der Waals surface area contributed by atoms with E-state index in [-0.39, 0.29) is 6.04 Å². The van der Waals surface area contributed by atoms with Crippen LogP contribution >= 0.6 is 0 Å². The molecule has 116 valence electrons. The molecule has 1 heteroatoms. The molecule has 0 aromatic heterocycles. The van der Waals surface area contributed by atoms with Crippen molar-refractivity contribution in [3.8, 4) is 0 Å². The van der Waals surface area contributed by atoms with Crippen molar-refractivity contribution in [3.63, 3.8) is 0 Å². The summed E-state index contributed by atoms with van der Waals surface area (Å²) in [4.78, 5) is 4.84. The van der Waals surface area contributed by atoms with Crippen LogP contribution in [0.15, 0.2) is 89.9 Å². The van der Waals surface area contributed by atoms with Crippen LogP contribution < -0.4 is 0 Å². The van der Waals surface area contributed by atoms with E-state index in [1.165, 1.54) is 32.7 Å². The number of fused-ring (bicyclic) bond motifs is 2. The fourth-order valence-electron chi connectivity index (χ4n) is 3.19. The van der Waals surface area contributed by atoms with Crippen LogP contribution in [0.2, 0.25) is 0 Å². The first-order chi connectivity index (χ1) is 11.8. The molecule has 4 rings (SSSR count). The van der Waals surface area contributed by atoms with Crippen LogP contribution in [0.5, 0.6) is 0 Å². The molecule has 1 unspecified atom stereocenters. The van der Waals surface area contributed by atoms with Crippen LogP contribution in [0.3, 0.4) is 0 Å². The zero-order chi connectivity index (χ0) is 16.4. The van der Waals surface area contributed by atoms with Gasteiger partial charge in [0.25, 0.3) is 0 Å². The lowest BCUT2D eigenvalue weighted by Crippen LogP contribution is -1.93. The number of hydrogen-bond acceptors (Lipinski definition) is 1. The molecular weight excluding hydrogens is 290 g/mol. The van der Waals surface area contributed by atoms with Crippen LogP contribution in [0.1, 0.15) is 24.1 Å². The highest BCUT2D eigenvalue weighted by atomic mass is 14.8. The Balaban J connectivity index is 1.86. The average Bonchev–Trinajstić information content (AvgIpc) is 2.65. The number of aliphatic imine (C=N–C) groups is 1. The summed E-state index contributed by atoms with van der Waals surface area (Å²) in [6, 6.07) is 29.9. The first kappa shape index (κ1) is 14.6. The summed E-state index contributed by atoms with van der Waals surface area (Å²) in [5.41, 5.74) is 2.43. The summed E-state index contributed by atoms with van der Waals surface area (Å²) in [7, 11) is 0.